The Bertz CT molecular complexity index is 775. The number of fused-ring (bicyclic) bond motifs is 1. The number of ketones is 1. The van der Waals surface area contributed by atoms with Crippen molar-refractivity contribution in [1.82, 2.24) is 10.2 Å². The first-order chi connectivity index (χ1) is 11.0. The summed E-state index contributed by atoms with van der Waals surface area (Å²) < 4.78 is 0.687. The first-order valence-corrected chi connectivity index (χ1v) is 8.86. The van der Waals surface area contributed by atoms with Crippen LogP contribution in [0, 0.1) is 0 Å². The van der Waals surface area contributed by atoms with Gasteiger partial charge in [0.25, 0.3) is 0 Å². The molecule has 0 bridgehead atoms. The number of nitrogens with two attached hydrogens (primary N) is 1. The molecular formula is C15H16N4O2S2. The van der Waals surface area contributed by atoms with Crippen LogP contribution in [-0.4, -0.2) is 33.7 Å². The Morgan fingerprint density at radius 2 is 2.17 bits per heavy atom. The van der Waals surface area contributed by atoms with Gasteiger partial charge in [0, 0.05) is 24.7 Å². The van der Waals surface area contributed by atoms with Crippen LogP contribution < -0.4 is 10.6 Å². The summed E-state index contributed by atoms with van der Waals surface area (Å²) in [7, 11) is 0. The number of aromatic nitrogens is 2. The van der Waals surface area contributed by atoms with Crippen LogP contribution in [0.4, 0.5) is 10.8 Å². The van der Waals surface area contributed by atoms with Crippen LogP contribution in [0.2, 0.25) is 0 Å². The summed E-state index contributed by atoms with van der Waals surface area (Å²) in [5, 5.41) is 7.80. The minimum atomic E-state index is -0.272. The predicted octanol–water partition coefficient (Wildman–Crippen LogP) is 2.39. The highest BCUT2D eigenvalue weighted by Crippen LogP contribution is 2.32. The molecule has 1 atom stereocenters. The zero-order valence-corrected chi connectivity index (χ0v) is 14.4. The van der Waals surface area contributed by atoms with Crippen LogP contribution in [-0.2, 0) is 11.2 Å². The Morgan fingerprint density at radius 1 is 1.39 bits per heavy atom. The fourth-order valence-corrected chi connectivity index (χ4v) is 4.45. The largest absolute Gasteiger partial charge is 0.374 e. The van der Waals surface area contributed by atoms with Crippen LogP contribution in [0.1, 0.15) is 29.8 Å². The SMILES string of the molecule is CC(=O)N1CCc2cc(C(=O)[C@@H](C)Sc3nnc(N)s3)ccc21. The highest BCUT2D eigenvalue weighted by atomic mass is 32.2. The second-order valence-corrected chi connectivity index (χ2v) is 7.89. The number of carbonyl (C=O) groups excluding carboxylic acids is 2. The molecule has 0 radical (unpaired) electrons. The van der Waals surface area contributed by atoms with E-state index in [1.54, 1.807) is 17.9 Å². The van der Waals surface area contributed by atoms with Crippen molar-refractivity contribution < 1.29 is 9.59 Å². The van der Waals surface area contributed by atoms with E-state index in [9.17, 15) is 9.59 Å². The number of hydrogen-bond acceptors (Lipinski definition) is 7. The molecule has 1 aliphatic heterocycles. The lowest BCUT2D eigenvalue weighted by Crippen LogP contribution is -2.25. The molecule has 23 heavy (non-hydrogen) atoms. The summed E-state index contributed by atoms with van der Waals surface area (Å²) in [4.78, 5) is 25.9. The van der Waals surface area contributed by atoms with Crippen LogP contribution in [0.25, 0.3) is 0 Å². The lowest BCUT2D eigenvalue weighted by molar-refractivity contribution is -0.116. The summed E-state index contributed by atoms with van der Waals surface area (Å²) in [5.74, 6) is 0.0634. The van der Waals surface area contributed by atoms with Gasteiger partial charge in [0.05, 0.1) is 5.25 Å². The Balaban J connectivity index is 1.77. The molecule has 0 unspecified atom stereocenters. The monoisotopic (exact) mass is 348 g/mol. The number of nitrogen functional groups attached to an aromatic ring is 1. The van der Waals surface area contributed by atoms with Crippen molar-refractivity contribution in [3.63, 3.8) is 0 Å². The molecule has 0 fully saturated rings. The smallest absolute Gasteiger partial charge is 0.223 e. The molecule has 1 aromatic carbocycles. The molecule has 8 heteroatoms. The van der Waals surface area contributed by atoms with Crippen LogP contribution >= 0.6 is 23.1 Å². The standard InChI is InChI=1S/C15H16N4O2S2/c1-8(22-15-18-17-14(16)23-15)13(21)11-3-4-12-10(7-11)5-6-19(12)9(2)20/h3-4,7-8H,5-6H2,1-2H3,(H2,16,17)/t8-/m1/s1. The van der Waals surface area contributed by atoms with Gasteiger partial charge < -0.3 is 10.6 Å². The van der Waals surface area contributed by atoms with E-state index in [0.717, 1.165) is 17.7 Å². The first-order valence-electron chi connectivity index (χ1n) is 7.16. The Hall–Kier alpha value is -1.93. The predicted molar refractivity (Wildman–Crippen MR) is 92.1 cm³/mol. The van der Waals surface area contributed by atoms with Gasteiger partial charge in [-0.3, -0.25) is 9.59 Å². The van der Waals surface area contributed by atoms with Gasteiger partial charge in [-0.25, -0.2) is 0 Å². The summed E-state index contributed by atoms with van der Waals surface area (Å²) in [6, 6.07) is 5.54. The van der Waals surface area contributed by atoms with Crippen molar-refractivity contribution in [2.45, 2.75) is 29.9 Å². The molecule has 6 nitrogen and oxygen atoms in total. The number of benzene rings is 1. The number of hydrogen-bond donors (Lipinski definition) is 1. The van der Waals surface area contributed by atoms with Gasteiger partial charge in [0.1, 0.15) is 0 Å². The third-order valence-electron chi connectivity index (χ3n) is 3.71. The maximum atomic E-state index is 12.6. The molecule has 1 aliphatic rings. The van der Waals surface area contributed by atoms with Crippen LogP contribution in [0.3, 0.4) is 0 Å². The number of Topliss-reactive ketones (excluding diaryl/α,β-unsaturated/α-hetero) is 1. The third kappa shape index (κ3) is 3.23. The molecule has 0 spiro atoms. The number of anilines is 2. The topological polar surface area (TPSA) is 89.2 Å². The number of thioether (sulfide) groups is 1. The molecule has 2 N–H and O–H groups in total. The van der Waals surface area contributed by atoms with Crippen LogP contribution in [0.5, 0.6) is 0 Å². The normalized spacial score (nSPS) is 14.6. The molecule has 0 saturated carbocycles. The van der Waals surface area contributed by atoms with E-state index in [1.807, 2.05) is 19.1 Å². The Morgan fingerprint density at radius 3 is 2.83 bits per heavy atom. The summed E-state index contributed by atoms with van der Waals surface area (Å²) in [6.07, 6.45) is 0.782. The third-order valence-corrected chi connectivity index (χ3v) is 5.65. The molecule has 0 aliphatic carbocycles. The molecule has 0 saturated heterocycles. The second-order valence-electron chi connectivity index (χ2n) is 5.29. The number of carbonyl (C=O) groups is 2. The van der Waals surface area contributed by atoms with Gasteiger partial charge in [0.15, 0.2) is 10.1 Å². The van der Waals surface area contributed by atoms with E-state index in [2.05, 4.69) is 10.2 Å². The summed E-state index contributed by atoms with van der Waals surface area (Å²) in [5.41, 5.74) is 8.17. The molecule has 1 amide bonds. The fourth-order valence-electron chi connectivity index (χ4n) is 2.59. The highest BCUT2D eigenvalue weighted by Gasteiger charge is 2.25. The van der Waals surface area contributed by atoms with E-state index in [1.165, 1.54) is 23.1 Å². The van der Waals surface area contributed by atoms with Crippen molar-refractivity contribution in [3.8, 4) is 0 Å². The zero-order chi connectivity index (χ0) is 16.6. The first kappa shape index (κ1) is 15.9. The average molecular weight is 348 g/mol. The highest BCUT2D eigenvalue weighted by molar-refractivity contribution is 8.02. The average Bonchev–Trinajstić information content (AvgIpc) is 3.11. The summed E-state index contributed by atoms with van der Waals surface area (Å²) >= 11 is 2.63. The van der Waals surface area contributed by atoms with E-state index < -0.39 is 0 Å². The Labute approximate surface area is 142 Å². The molecule has 2 heterocycles. The quantitative estimate of drug-likeness (QED) is 0.674. The van der Waals surface area contributed by atoms with E-state index in [0.29, 0.717) is 21.6 Å². The number of rotatable bonds is 4. The van der Waals surface area contributed by atoms with Crippen molar-refractivity contribution in [2.75, 3.05) is 17.2 Å². The van der Waals surface area contributed by atoms with Gasteiger partial charge in [-0.05, 0) is 37.1 Å². The van der Waals surface area contributed by atoms with Crippen LogP contribution in [0.15, 0.2) is 22.5 Å². The van der Waals surface area contributed by atoms with Gasteiger partial charge in [-0.2, -0.15) is 0 Å². The maximum absolute atomic E-state index is 12.6. The summed E-state index contributed by atoms with van der Waals surface area (Å²) in [6.45, 7) is 4.08. The van der Waals surface area contributed by atoms with Crippen molar-refractivity contribution in [3.05, 3.63) is 29.3 Å². The lowest BCUT2D eigenvalue weighted by atomic mass is 10.0. The molecule has 2 aromatic rings. The number of amides is 1. The second kappa shape index (κ2) is 6.29. The molecular weight excluding hydrogens is 332 g/mol. The van der Waals surface area contributed by atoms with Gasteiger partial charge in [-0.15, -0.1) is 10.2 Å². The van der Waals surface area contributed by atoms with Crippen molar-refractivity contribution in [2.24, 2.45) is 0 Å². The van der Waals surface area contributed by atoms with E-state index >= 15 is 0 Å². The number of nitrogens with zero attached hydrogens (tertiary/aromatic N) is 3. The minimum Gasteiger partial charge on any atom is -0.374 e. The lowest BCUT2D eigenvalue weighted by Gasteiger charge is -2.15. The van der Waals surface area contributed by atoms with Gasteiger partial charge in [0.2, 0.25) is 11.0 Å². The van der Waals surface area contributed by atoms with Gasteiger partial charge >= 0.3 is 0 Å². The fraction of sp³-hybridized carbons (Fsp3) is 0.333. The Kier molecular flexibility index (Phi) is 4.36. The maximum Gasteiger partial charge on any atom is 0.223 e. The zero-order valence-electron chi connectivity index (χ0n) is 12.8. The van der Waals surface area contributed by atoms with Crippen molar-refractivity contribution >= 4 is 45.6 Å². The molecule has 1 aromatic heterocycles. The molecule has 120 valence electrons. The van der Waals surface area contributed by atoms with Gasteiger partial charge in [-0.1, -0.05) is 23.1 Å². The molecule has 3 rings (SSSR count). The van der Waals surface area contributed by atoms with Crippen molar-refractivity contribution in [1.29, 1.82) is 0 Å². The van der Waals surface area contributed by atoms with E-state index in [-0.39, 0.29) is 16.9 Å². The minimum absolute atomic E-state index is 0.0283. The van der Waals surface area contributed by atoms with E-state index in [4.69, 9.17) is 5.73 Å².